The van der Waals surface area contributed by atoms with Gasteiger partial charge in [-0.25, -0.2) is 0 Å². The maximum absolute atomic E-state index is 14.9. The summed E-state index contributed by atoms with van der Waals surface area (Å²) in [5.41, 5.74) is -0.243. The number of amides is 1. The fourth-order valence-electron chi connectivity index (χ4n) is 7.31. The first-order valence-corrected chi connectivity index (χ1v) is 14.9. The van der Waals surface area contributed by atoms with E-state index in [1.807, 2.05) is 35.2 Å². The second-order valence-electron chi connectivity index (χ2n) is 12.6. The van der Waals surface area contributed by atoms with Gasteiger partial charge in [0.2, 0.25) is 5.78 Å². The van der Waals surface area contributed by atoms with E-state index >= 15 is 0 Å². The number of aromatic hydroxyl groups is 1. The van der Waals surface area contributed by atoms with E-state index in [0.717, 1.165) is 24.5 Å². The number of benzene rings is 2. The van der Waals surface area contributed by atoms with E-state index < -0.39 is 99.0 Å². The lowest BCUT2D eigenvalue weighted by Crippen LogP contribution is -2.57. The number of Topliss-reactive ketones (excluding diaryl/α,β-unsaturated/α-hetero) is 2. The molecule has 238 valence electrons. The highest BCUT2D eigenvalue weighted by atomic mass is 19.4. The van der Waals surface area contributed by atoms with Gasteiger partial charge in [-0.1, -0.05) is 30.3 Å². The highest BCUT2D eigenvalue weighted by Gasteiger charge is 2.60. The monoisotopic (exact) mass is 626 g/mol. The number of alkyl halides is 3. The van der Waals surface area contributed by atoms with Gasteiger partial charge in [-0.15, -0.1) is 0 Å². The zero-order valence-electron chi connectivity index (χ0n) is 24.2. The second kappa shape index (κ2) is 11.0. The quantitative estimate of drug-likeness (QED) is 0.274. The number of aliphatic hydroxyl groups excluding tert-OH is 2. The lowest BCUT2D eigenvalue weighted by molar-refractivity contribution is -0.144. The molecule has 0 saturated heterocycles. The van der Waals surface area contributed by atoms with Crippen molar-refractivity contribution in [3.63, 3.8) is 0 Å². The van der Waals surface area contributed by atoms with Crippen LogP contribution in [0.2, 0.25) is 0 Å². The van der Waals surface area contributed by atoms with Gasteiger partial charge < -0.3 is 26.2 Å². The molecule has 2 aromatic carbocycles. The molecule has 2 aromatic rings. The first-order chi connectivity index (χ1) is 21.2. The Labute approximate surface area is 256 Å². The van der Waals surface area contributed by atoms with Crippen LogP contribution >= 0.6 is 0 Å². The Hall–Kier alpha value is -4.16. The lowest BCUT2D eigenvalue weighted by atomic mass is 9.60. The third-order valence-corrected chi connectivity index (χ3v) is 9.60. The van der Waals surface area contributed by atoms with Gasteiger partial charge in [0.15, 0.2) is 11.4 Å². The Kier molecular flexibility index (Phi) is 7.56. The number of phenols is 1. The summed E-state index contributed by atoms with van der Waals surface area (Å²) >= 11 is 0. The lowest BCUT2D eigenvalue weighted by Gasteiger charge is -2.45. The molecule has 4 aliphatic rings. The number of phenolic OH excluding ortho intramolecular Hbond substituents is 1. The zero-order chi connectivity index (χ0) is 32.4. The molecule has 1 unspecified atom stereocenters. The number of hydrogen-bond donors (Lipinski definition) is 5. The summed E-state index contributed by atoms with van der Waals surface area (Å²) in [5.74, 6) is -8.34. The minimum atomic E-state index is -4.89. The zero-order valence-corrected chi connectivity index (χ0v) is 24.2. The van der Waals surface area contributed by atoms with Gasteiger partial charge in [-0.3, -0.25) is 19.3 Å². The van der Waals surface area contributed by atoms with E-state index in [2.05, 4.69) is 0 Å². The van der Waals surface area contributed by atoms with Gasteiger partial charge in [0.05, 0.1) is 11.1 Å². The number of allylic oxidation sites excluding steroid dienone is 2. The Balaban J connectivity index is 1.40. The highest BCUT2D eigenvalue weighted by molar-refractivity contribution is 6.24. The third-order valence-electron chi connectivity index (χ3n) is 9.60. The molecule has 0 aromatic heterocycles. The number of ketones is 2. The number of hydrogen-bond acceptors (Lipinski definition) is 8. The van der Waals surface area contributed by atoms with Crippen molar-refractivity contribution >= 4 is 17.5 Å². The van der Waals surface area contributed by atoms with Crippen LogP contribution in [0.4, 0.5) is 13.2 Å². The summed E-state index contributed by atoms with van der Waals surface area (Å²) in [7, 11) is 0. The number of rotatable bonds is 8. The molecule has 0 radical (unpaired) electrons. The number of nitrogens with zero attached hydrogens (tertiary/aromatic N) is 1. The predicted molar refractivity (Wildman–Crippen MR) is 154 cm³/mol. The van der Waals surface area contributed by atoms with Crippen molar-refractivity contribution in [2.45, 2.75) is 56.8 Å². The molecule has 4 aliphatic carbocycles. The van der Waals surface area contributed by atoms with Crippen LogP contribution in [0.5, 0.6) is 5.75 Å². The van der Waals surface area contributed by atoms with E-state index in [4.69, 9.17) is 5.73 Å². The SMILES string of the molecule is NC(=O)C1=C(O)C[C@@H]2CC3Cc4c(c(O)cc(CN(CCc5ccccc5)CC5CC5)c4C(F)(F)F)C(=O)C3=C(O)[C@]2(O)C1=O. The Morgan fingerprint density at radius 3 is 2.38 bits per heavy atom. The maximum Gasteiger partial charge on any atom is 0.417 e. The molecular formula is C33H33F3N2O7. The molecule has 45 heavy (non-hydrogen) atoms. The van der Waals surface area contributed by atoms with Crippen molar-refractivity contribution in [3.8, 4) is 5.75 Å². The van der Waals surface area contributed by atoms with Crippen LogP contribution in [0.25, 0.3) is 0 Å². The number of nitrogens with two attached hydrogens (primary N) is 1. The minimum Gasteiger partial charge on any atom is -0.511 e. The van der Waals surface area contributed by atoms with Crippen LogP contribution < -0.4 is 5.73 Å². The Morgan fingerprint density at radius 1 is 1.07 bits per heavy atom. The largest absolute Gasteiger partial charge is 0.511 e. The summed E-state index contributed by atoms with van der Waals surface area (Å²) in [6.07, 6.45) is -3.45. The van der Waals surface area contributed by atoms with Crippen molar-refractivity contribution < 1.29 is 48.0 Å². The minimum absolute atomic E-state index is 0.114. The Bertz CT molecular complexity index is 1660. The molecular weight excluding hydrogens is 593 g/mol. The number of fused-ring (bicyclic) bond motifs is 3. The molecule has 0 aliphatic heterocycles. The fourth-order valence-corrected chi connectivity index (χ4v) is 7.31. The van der Waals surface area contributed by atoms with E-state index in [9.17, 15) is 48.0 Å². The van der Waals surface area contributed by atoms with Gasteiger partial charge in [-0.2, -0.15) is 13.2 Å². The summed E-state index contributed by atoms with van der Waals surface area (Å²) in [5, 5.41) is 43.9. The van der Waals surface area contributed by atoms with Crippen molar-refractivity contribution in [3.05, 3.63) is 86.9 Å². The molecule has 0 spiro atoms. The van der Waals surface area contributed by atoms with Gasteiger partial charge in [-0.05, 0) is 66.7 Å². The average molecular weight is 627 g/mol. The van der Waals surface area contributed by atoms with Crippen LogP contribution in [0.15, 0.2) is 59.1 Å². The van der Waals surface area contributed by atoms with Crippen LogP contribution in [-0.2, 0) is 35.2 Å². The molecule has 6 N–H and O–H groups in total. The first-order valence-electron chi connectivity index (χ1n) is 14.9. The number of primary amides is 1. The van der Waals surface area contributed by atoms with Crippen LogP contribution in [0.1, 0.15) is 58.3 Å². The molecule has 3 atom stereocenters. The highest BCUT2D eigenvalue weighted by Crippen LogP contribution is 2.53. The summed E-state index contributed by atoms with van der Waals surface area (Å²) in [6.45, 7) is 0.955. The van der Waals surface area contributed by atoms with Crippen molar-refractivity contribution in [1.82, 2.24) is 4.90 Å². The van der Waals surface area contributed by atoms with Gasteiger partial charge >= 0.3 is 6.18 Å². The normalized spacial score (nSPS) is 24.9. The van der Waals surface area contributed by atoms with Crippen molar-refractivity contribution in [1.29, 1.82) is 0 Å². The first kappa shape index (κ1) is 30.8. The molecule has 9 nitrogen and oxygen atoms in total. The van der Waals surface area contributed by atoms with Crippen LogP contribution in [0.3, 0.4) is 0 Å². The molecule has 0 heterocycles. The summed E-state index contributed by atoms with van der Waals surface area (Å²) < 4.78 is 44.6. The summed E-state index contributed by atoms with van der Waals surface area (Å²) in [6, 6.07) is 10.5. The van der Waals surface area contributed by atoms with Gasteiger partial charge in [0.25, 0.3) is 5.91 Å². The standard InChI is InChI=1S/C33H33F3N2O7/c34-33(35,36)27-19(15-38(14-17-6-7-17)9-8-16-4-2-1-3-5-16)12-22(39)25-21(27)11-18-10-20-13-23(40)26(31(37)44)30(43)32(20,45)29(42)24(18)28(25)41/h1-5,12,17-18,20,39-40,42,45H,6-11,13-15H2,(H2,37,44)/t18?,20-,32-/m0/s1. The topological polar surface area (TPSA) is 161 Å². The number of aliphatic hydroxyl groups is 3. The number of carbonyl (C=O) groups is 3. The molecule has 12 heteroatoms. The van der Waals surface area contributed by atoms with Crippen LogP contribution in [-0.4, -0.2) is 61.5 Å². The predicted octanol–water partition coefficient (Wildman–Crippen LogP) is 4.05. The maximum atomic E-state index is 14.9. The van der Waals surface area contributed by atoms with Gasteiger partial charge in [0.1, 0.15) is 22.8 Å². The van der Waals surface area contributed by atoms with Crippen LogP contribution in [0, 0.1) is 17.8 Å². The van der Waals surface area contributed by atoms with E-state index in [0.29, 0.717) is 25.4 Å². The smallest absolute Gasteiger partial charge is 0.417 e. The average Bonchev–Trinajstić information content (AvgIpc) is 3.77. The number of carbonyl (C=O) groups excluding carboxylic acids is 3. The van der Waals surface area contributed by atoms with Crippen molar-refractivity contribution in [2.24, 2.45) is 23.5 Å². The molecule has 1 fully saturated rings. The molecule has 1 amide bonds. The number of halogens is 3. The second-order valence-corrected chi connectivity index (χ2v) is 12.6. The van der Waals surface area contributed by atoms with E-state index in [1.165, 1.54) is 0 Å². The molecule has 0 bridgehead atoms. The van der Waals surface area contributed by atoms with E-state index in [1.54, 1.807) is 0 Å². The third kappa shape index (κ3) is 5.29. The molecule has 1 saturated carbocycles. The fraction of sp³-hybridized carbons (Fsp3) is 0.424. The van der Waals surface area contributed by atoms with E-state index in [-0.39, 0.29) is 18.5 Å². The molecule has 6 rings (SSSR count). The summed E-state index contributed by atoms with van der Waals surface area (Å²) in [4.78, 5) is 40.7. The Morgan fingerprint density at radius 2 is 1.76 bits per heavy atom. The van der Waals surface area contributed by atoms with Crippen molar-refractivity contribution in [2.75, 3.05) is 13.1 Å². The van der Waals surface area contributed by atoms with Gasteiger partial charge in [0, 0.05) is 37.5 Å².